The summed E-state index contributed by atoms with van der Waals surface area (Å²) in [6, 6.07) is 1.56. The zero-order valence-corrected chi connectivity index (χ0v) is 11.3. The fraction of sp³-hybridized carbons (Fsp3) is 0.273. The Morgan fingerprint density at radius 2 is 2.05 bits per heavy atom. The van der Waals surface area contributed by atoms with Crippen LogP contribution in [0.5, 0.6) is 0 Å². The molecule has 20 heavy (non-hydrogen) atoms. The van der Waals surface area contributed by atoms with E-state index in [0.717, 1.165) is 12.1 Å². The molecule has 1 unspecified atom stereocenters. The molecule has 0 spiro atoms. The van der Waals surface area contributed by atoms with Gasteiger partial charge in [-0.2, -0.15) is 0 Å². The van der Waals surface area contributed by atoms with Crippen LogP contribution in [0.25, 0.3) is 0 Å². The maximum Gasteiger partial charge on any atom is 0.335 e. The number of nitrogens with two attached hydrogens (primary N) is 1. The number of benzene rings is 1. The van der Waals surface area contributed by atoms with Crippen LogP contribution in [-0.4, -0.2) is 31.4 Å². The van der Waals surface area contributed by atoms with Crippen LogP contribution in [0.4, 0.5) is 4.39 Å². The van der Waals surface area contributed by atoms with Gasteiger partial charge in [0.25, 0.3) is 0 Å². The zero-order chi connectivity index (χ0) is 15.5. The summed E-state index contributed by atoms with van der Waals surface area (Å²) < 4.78 is 39.4. The summed E-state index contributed by atoms with van der Waals surface area (Å²) in [5.74, 6) is -3.19. The molecular weight excluding hydrogens is 291 g/mol. The van der Waals surface area contributed by atoms with Crippen molar-refractivity contribution >= 4 is 21.9 Å². The Morgan fingerprint density at radius 3 is 2.55 bits per heavy atom. The van der Waals surface area contributed by atoms with Crippen molar-refractivity contribution in [2.75, 3.05) is 0 Å². The van der Waals surface area contributed by atoms with E-state index in [1.54, 1.807) is 0 Å². The largest absolute Gasteiger partial charge is 0.478 e. The second-order valence-electron chi connectivity index (χ2n) is 4.14. The maximum atomic E-state index is 13.5. The molecule has 1 amide bonds. The minimum Gasteiger partial charge on any atom is -0.478 e. The van der Waals surface area contributed by atoms with E-state index in [1.807, 2.05) is 4.72 Å². The minimum atomic E-state index is -4.29. The molecule has 110 valence electrons. The Labute approximate surface area is 114 Å². The number of primary amides is 1. The van der Waals surface area contributed by atoms with E-state index in [4.69, 9.17) is 10.8 Å². The third-order valence-corrected chi connectivity index (χ3v) is 3.94. The lowest BCUT2D eigenvalue weighted by molar-refractivity contribution is -0.118. The summed E-state index contributed by atoms with van der Waals surface area (Å²) in [6.07, 6.45) is -0.264. The molecule has 1 atom stereocenters. The Hall–Kier alpha value is -2.00. The normalized spacial score (nSPS) is 12.9. The quantitative estimate of drug-likeness (QED) is 0.685. The first kappa shape index (κ1) is 16.1. The molecule has 0 radical (unpaired) electrons. The van der Waals surface area contributed by atoms with Crippen LogP contribution >= 0.6 is 0 Å². The van der Waals surface area contributed by atoms with Crippen LogP contribution in [-0.2, 0) is 14.8 Å². The molecule has 1 rings (SSSR count). The van der Waals surface area contributed by atoms with E-state index in [2.05, 4.69) is 0 Å². The summed E-state index contributed by atoms with van der Waals surface area (Å²) in [7, 11) is -4.29. The zero-order valence-electron chi connectivity index (χ0n) is 10.5. The maximum absolute atomic E-state index is 13.5. The van der Waals surface area contributed by atoms with Gasteiger partial charge in [-0.15, -0.1) is 0 Å². The summed E-state index contributed by atoms with van der Waals surface area (Å²) >= 11 is 0. The predicted octanol–water partition coefficient (Wildman–Crippen LogP) is 0.0661. The molecular formula is C11H13FN2O5S. The van der Waals surface area contributed by atoms with Crippen molar-refractivity contribution in [2.24, 2.45) is 5.73 Å². The topological polar surface area (TPSA) is 127 Å². The van der Waals surface area contributed by atoms with Gasteiger partial charge >= 0.3 is 5.97 Å². The lowest BCUT2D eigenvalue weighted by Crippen LogP contribution is -2.36. The van der Waals surface area contributed by atoms with Gasteiger partial charge in [-0.1, -0.05) is 0 Å². The first-order valence-corrected chi connectivity index (χ1v) is 6.95. The van der Waals surface area contributed by atoms with Crippen LogP contribution in [0.1, 0.15) is 23.7 Å². The molecule has 0 saturated carbocycles. The first-order valence-electron chi connectivity index (χ1n) is 5.47. The molecule has 0 aliphatic heterocycles. The Bertz CT molecular complexity index is 644. The second-order valence-corrected chi connectivity index (χ2v) is 5.83. The van der Waals surface area contributed by atoms with Crippen molar-refractivity contribution in [3.8, 4) is 0 Å². The Morgan fingerprint density at radius 1 is 1.45 bits per heavy atom. The summed E-state index contributed by atoms with van der Waals surface area (Å²) in [5, 5.41) is 8.77. The van der Waals surface area contributed by atoms with Crippen molar-refractivity contribution < 1.29 is 27.5 Å². The highest BCUT2D eigenvalue weighted by atomic mass is 32.2. The first-order chi connectivity index (χ1) is 9.13. The van der Waals surface area contributed by atoms with Crippen molar-refractivity contribution in [2.45, 2.75) is 24.3 Å². The highest BCUT2D eigenvalue weighted by molar-refractivity contribution is 7.89. The fourth-order valence-corrected chi connectivity index (χ4v) is 2.86. The molecule has 7 nitrogen and oxygen atoms in total. The van der Waals surface area contributed by atoms with Crippen LogP contribution in [0.15, 0.2) is 23.1 Å². The third-order valence-electron chi connectivity index (χ3n) is 2.33. The number of halogens is 1. The predicted molar refractivity (Wildman–Crippen MR) is 67.0 cm³/mol. The lowest BCUT2D eigenvalue weighted by Gasteiger charge is -2.13. The molecule has 0 fully saturated rings. The number of carboxylic acid groups (broad SMARTS) is 1. The van der Waals surface area contributed by atoms with E-state index in [9.17, 15) is 22.4 Å². The summed E-state index contributed by atoms with van der Waals surface area (Å²) in [4.78, 5) is 20.6. The standard InChI is InChI=1S/C11H13FN2O5S/c1-6(4-10(13)15)14-20(18,19)9-5-7(11(16)17)2-3-8(9)12/h2-3,5-6,14H,4H2,1H3,(H2,13,15)(H,16,17). The molecule has 1 aromatic carbocycles. The molecule has 0 aliphatic carbocycles. The average Bonchev–Trinajstić information content (AvgIpc) is 2.26. The number of nitrogens with one attached hydrogen (secondary N) is 1. The third kappa shape index (κ3) is 4.00. The molecule has 1 aromatic rings. The van der Waals surface area contributed by atoms with Crippen LogP contribution < -0.4 is 10.5 Å². The van der Waals surface area contributed by atoms with Gasteiger partial charge in [0.1, 0.15) is 10.7 Å². The van der Waals surface area contributed by atoms with Gasteiger partial charge in [0.2, 0.25) is 15.9 Å². The van der Waals surface area contributed by atoms with Crippen molar-refractivity contribution in [3.63, 3.8) is 0 Å². The van der Waals surface area contributed by atoms with E-state index < -0.39 is 38.7 Å². The summed E-state index contributed by atoms with van der Waals surface area (Å²) in [5.41, 5.74) is 4.55. The monoisotopic (exact) mass is 304 g/mol. The molecule has 0 saturated heterocycles. The molecule has 0 aromatic heterocycles. The number of amides is 1. The highest BCUT2D eigenvalue weighted by Gasteiger charge is 2.23. The van der Waals surface area contributed by atoms with Crippen molar-refractivity contribution in [1.82, 2.24) is 4.72 Å². The number of hydrogen-bond acceptors (Lipinski definition) is 4. The Balaban J connectivity index is 3.12. The fourth-order valence-electron chi connectivity index (χ4n) is 1.51. The van der Waals surface area contributed by atoms with Crippen molar-refractivity contribution in [3.05, 3.63) is 29.6 Å². The van der Waals surface area contributed by atoms with Crippen LogP contribution in [0.2, 0.25) is 0 Å². The van der Waals surface area contributed by atoms with Gasteiger partial charge in [-0.25, -0.2) is 22.3 Å². The van der Waals surface area contributed by atoms with Gasteiger partial charge in [0.15, 0.2) is 0 Å². The van der Waals surface area contributed by atoms with Crippen LogP contribution in [0, 0.1) is 5.82 Å². The van der Waals surface area contributed by atoms with Crippen LogP contribution in [0.3, 0.4) is 0 Å². The smallest absolute Gasteiger partial charge is 0.335 e. The van der Waals surface area contributed by atoms with E-state index in [1.165, 1.54) is 6.92 Å². The van der Waals surface area contributed by atoms with E-state index in [-0.39, 0.29) is 12.0 Å². The van der Waals surface area contributed by atoms with E-state index >= 15 is 0 Å². The van der Waals surface area contributed by atoms with Crippen molar-refractivity contribution in [1.29, 1.82) is 0 Å². The molecule has 4 N–H and O–H groups in total. The van der Waals surface area contributed by atoms with Gasteiger partial charge in [-0.3, -0.25) is 4.79 Å². The van der Waals surface area contributed by atoms with Gasteiger partial charge in [0, 0.05) is 12.5 Å². The van der Waals surface area contributed by atoms with E-state index in [0.29, 0.717) is 6.07 Å². The number of hydrogen-bond donors (Lipinski definition) is 3. The molecule has 0 bridgehead atoms. The molecule has 9 heteroatoms. The number of rotatable bonds is 6. The summed E-state index contributed by atoms with van der Waals surface area (Å²) in [6.45, 7) is 1.38. The highest BCUT2D eigenvalue weighted by Crippen LogP contribution is 2.17. The SMILES string of the molecule is CC(CC(N)=O)NS(=O)(=O)c1cc(C(=O)O)ccc1F. The van der Waals surface area contributed by atoms with Gasteiger partial charge < -0.3 is 10.8 Å². The van der Waals surface area contributed by atoms with Gasteiger partial charge in [-0.05, 0) is 25.1 Å². The van der Waals surface area contributed by atoms with Gasteiger partial charge in [0.05, 0.1) is 5.56 Å². The number of aromatic carboxylic acids is 1. The number of carbonyl (C=O) groups is 2. The molecule has 0 aliphatic rings. The number of sulfonamides is 1. The molecule has 0 heterocycles. The number of carboxylic acids is 1. The number of carbonyl (C=O) groups excluding carboxylic acids is 1. The average molecular weight is 304 g/mol. The second kappa shape index (κ2) is 5.97. The minimum absolute atomic E-state index is 0.264. The lowest BCUT2D eigenvalue weighted by atomic mass is 10.2. The Kier molecular flexibility index (Phi) is 4.79.